The molecule has 0 aliphatic carbocycles. The van der Waals surface area contributed by atoms with Gasteiger partial charge in [0.25, 0.3) is 0 Å². The highest BCUT2D eigenvalue weighted by Crippen LogP contribution is 2.28. The summed E-state index contributed by atoms with van der Waals surface area (Å²) < 4.78 is 54.5. The van der Waals surface area contributed by atoms with E-state index in [0.717, 1.165) is 22.0 Å². The zero-order valence-electron chi connectivity index (χ0n) is 12.9. The molecule has 0 saturated carbocycles. The highest BCUT2D eigenvalue weighted by atomic mass is 32.2. The van der Waals surface area contributed by atoms with Gasteiger partial charge in [0.1, 0.15) is 11.6 Å². The molecule has 2 aromatic rings. The lowest BCUT2D eigenvalue weighted by Crippen LogP contribution is -2.31. The average Bonchev–Trinajstić information content (AvgIpc) is 2.72. The molecule has 0 fully saturated rings. The third-order valence-corrected chi connectivity index (χ3v) is 5.92. The number of fused-ring (bicyclic) bond motifs is 1. The molecule has 0 bridgehead atoms. The van der Waals surface area contributed by atoms with Crippen LogP contribution in [0.25, 0.3) is 0 Å². The van der Waals surface area contributed by atoms with Gasteiger partial charge in [-0.05, 0) is 31.2 Å². The maximum atomic E-state index is 14.1. The van der Waals surface area contributed by atoms with Crippen LogP contribution in [0.1, 0.15) is 27.9 Å². The Hall–Kier alpha value is -2.12. The van der Waals surface area contributed by atoms with Crippen LogP contribution < -0.4 is 0 Å². The number of Topliss-reactive ketones (excluding diaryl/α,β-unsaturated/α-hetero) is 1. The molecule has 0 unspecified atom stereocenters. The largest absolute Gasteiger partial charge is 0.294 e. The summed E-state index contributed by atoms with van der Waals surface area (Å²) in [6.45, 7) is 1.33. The molecule has 3 rings (SSSR count). The van der Waals surface area contributed by atoms with Crippen LogP contribution >= 0.6 is 0 Å². The zero-order valence-corrected chi connectivity index (χ0v) is 13.7. The van der Waals surface area contributed by atoms with Crippen LogP contribution in [0.15, 0.2) is 41.3 Å². The van der Waals surface area contributed by atoms with Gasteiger partial charge in [-0.15, -0.1) is 0 Å². The second-order valence-electron chi connectivity index (χ2n) is 5.71. The minimum absolute atomic E-state index is 0.0563. The van der Waals surface area contributed by atoms with E-state index in [2.05, 4.69) is 0 Å². The van der Waals surface area contributed by atoms with Crippen molar-refractivity contribution in [2.75, 3.05) is 6.54 Å². The lowest BCUT2D eigenvalue weighted by atomic mass is 10.0. The van der Waals surface area contributed by atoms with Crippen molar-refractivity contribution < 1.29 is 22.0 Å². The third-order valence-electron chi connectivity index (χ3n) is 4.07. The van der Waals surface area contributed by atoms with Gasteiger partial charge in [0.05, 0.1) is 10.5 Å². The lowest BCUT2D eigenvalue weighted by Gasteiger charge is -2.20. The molecule has 0 radical (unpaired) electrons. The second kappa shape index (κ2) is 6.07. The average molecular weight is 351 g/mol. The zero-order chi connectivity index (χ0) is 17.5. The minimum atomic E-state index is -3.91. The standard InChI is InChI=1S/C17H15F2NO3S/c1-11-2-4-12(5-3-11)24(22,23)20-9-8-16(21)17-13(10-20)14(18)6-7-15(17)19/h2-7H,8-10H2,1H3. The minimum Gasteiger partial charge on any atom is -0.294 e. The molecule has 126 valence electrons. The number of sulfonamides is 1. The Morgan fingerprint density at radius 3 is 2.29 bits per heavy atom. The Balaban J connectivity index is 2.06. The normalized spacial score (nSPS) is 15.9. The van der Waals surface area contributed by atoms with Gasteiger partial charge in [0.2, 0.25) is 10.0 Å². The van der Waals surface area contributed by atoms with Crippen LogP contribution in [-0.2, 0) is 16.6 Å². The number of halogens is 2. The molecule has 1 aliphatic rings. The second-order valence-corrected chi connectivity index (χ2v) is 7.65. The highest BCUT2D eigenvalue weighted by Gasteiger charge is 2.32. The van der Waals surface area contributed by atoms with Crippen LogP contribution in [0.4, 0.5) is 8.78 Å². The van der Waals surface area contributed by atoms with Crippen molar-refractivity contribution in [3.63, 3.8) is 0 Å². The molecule has 0 atom stereocenters. The maximum absolute atomic E-state index is 14.1. The van der Waals surface area contributed by atoms with Crippen molar-refractivity contribution in [3.8, 4) is 0 Å². The molecule has 4 nitrogen and oxygen atoms in total. The van der Waals surface area contributed by atoms with Gasteiger partial charge in [0.15, 0.2) is 5.78 Å². The van der Waals surface area contributed by atoms with Gasteiger partial charge < -0.3 is 0 Å². The highest BCUT2D eigenvalue weighted by molar-refractivity contribution is 7.89. The molecule has 2 aromatic carbocycles. The fourth-order valence-corrected chi connectivity index (χ4v) is 4.13. The number of hydrogen-bond donors (Lipinski definition) is 0. The summed E-state index contributed by atoms with van der Waals surface area (Å²) in [6.07, 6.45) is -0.196. The van der Waals surface area contributed by atoms with Gasteiger partial charge in [0, 0.05) is 25.1 Å². The molecule has 7 heteroatoms. The Morgan fingerprint density at radius 1 is 1.00 bits per heavy atom. The summed E-state index contributed by atoms with van der Waals surface area (Å²) >= 11 is 0. The number of carbonyl (C=O) groups excluding carboxylic acids is 1. The van der Waals surface area contributed by atoms with E-state index in [0.29, 0.717) is 0 Å². The number of hydrogen-bond acceptors (Lipinski definition) is 3. The molecular formula is C17H15F2NO3S. The van der Waals surface area contributed by atoms with E-state index in [-0.39, 0.29) is 35.5 Å². The molecule has 0 N–H and O–H groups in total. The third kappa shape index (κ3) is 2.85. The van der Waals surface area contributed by atoms with E-state index in [1.54, 1.807) is 12.1 Å². The van der Waals surface area contributed by atoms with Crippen LogP contribution in [0.5, 0.6) is 0 Å². The van der Waals surface area contributed by atoms with Gasteiger partial charge >= 0.3 is 0 Å². The van der Waals surface area contributed by atoms with E-state index >= 15 is 0 Å². The van der Waals surface area contributed by atoms with Gasteiger partial charge in [-0.2, -0.15) is 4.31 Å². The van der Waals surface area contributed by atoms with Crippen LogP contribution in [0, 0.1) is 18.6 Å². The number of carbonyl (C=O) groups is 1. The maximum Gasteiger partial charge on any atom is 0.243 e. The summed E-state index contributed by atoms with van der Waals surface area (Å²) in [7, 11) is -3.91. The first-order chi connectivity index (χ1) is 11.3. The quantitative estimate of drug-likeness (QED) is 0.836. The predicted octanol–water partition coefficient (Wildman–Crippen LogP) is 3.05. The predicted molar refractivity (Wildman–Crippen MR) is 84.1 cm³/mol. The van der Waals surface area contributed by atoms with Gasteiger partial charge in [-0.3, -0.25) is 4.79 Å². The fourth-order valence-electron chi connectivity index (χ4n) is 2.72. The van der Waals surface area contributed by atoms with Crippen molar-refractivity contribution in [1.82, 2.24) is 4.31 Å². The molecule has 0 saturated heterocycles. The van der Waals surface area contributed by atoms with Crippen LogP contribution in [0.2, 0.25) is 0 Å². The van der Waals surface area contributed by atoms with E-state index in [9.17, 15) is 22.0 Å². The summed E-state index contributed by atoms with van der Waals surface area (Å²) in [5.74, 6) is -2.21. The Kier molecular flexibility index (Phi) is 4.23. The smallest absolute Gasteiger partial charge is 0.243 e. The topological polar surface area (TPSA) is 54.5 Å². The van der Waals surface area contributed by atoms with E-state index < -0.39 is 27.4 Å². The van der Waals surface area contributed by atoms with Crippen molar-refractivity contribution in [2.24, 2.45) is 0 Å². The number of aryl methyl sites for hydroxylation is 1. The number of nitrogens with zero attached hydrogens (tertiary/aromatic N) is 1. The van der Waals surface area contributed by atoms with E-state index in [1.165, 1.54) is 12.1 Å². The van der Waals surface area contributed by atoms with E-state index in [1.807, 2.05) is 6.92 Å². The van der Waals surface area contributed by atoms with Crippen molar-refractivity contribution in [2.45, 2.75) is 24.8 Å². The summed E-state index contributed by atoms with van der Waals surface area (Å²) in [6, 6.07) is 8.02. The monoisotopic (exact) mass is 351 g/mol. The first-order valence-corrected chi connectivity index (χ1v) is 8.81. The van der Waals surface area contributed by atoms with Crippen molar-refractivity contribution in [3.05, 3.63) is 64.7 Å². The van der Waals surface area contributed by atoms with Gasteiger partial charge in [-0.1, -0.05) is 17.7 Å². The van der Waals surface area contributed by atoms with Crippen LogP contribution in [-0.4, -0.2) is 25.1 Å². The SMILES string of the molecule is Cc1ccc(S(=O)(=O)N2CCC(=O)c3c(F)ccc(F)c3C2)cc1. The molecule has 0 amide bonds. The molecule has 1 aliphatic heterocycles. The Morgan fingerprint density at radius 2 is 1.62 bits per heavy atom. The molecule has 0 aromatic heterocycles. The Labute approximate surface area is 138 Å². The van der Waals surface area contributed by atoms with E-state index in [4.69, 9.17) is 0 Å². The number of ketones is 1. The first kappa shape index (κ1) is 16.7. The number of benzene rings is 2. The lowest BCUT2D eigenvalue weighted by molar-refractivity contribution is 0.0977. The number of rotatable bonds is 2. The summed E-state index contributed by atoms with van der Waals surface area (Å²) in [4.78, 5) is 12.2. The fraction of sp³-hybridized carbons (Fsp3) is 0.235. The van der Waals surface area contributed by atoms with Gasteiger partial charge in [-0.25, -0.2) is 17.2 Å². The molecular weight excluding hydrogens is 336 g/mol. The van der Waals surface area contributed by atoms with Crippen molar-refractivity contribution in [1.29, 1.82) is 0 Å². The first-order valence-electron chi connectivity index (χ1n) is 7.37. The molecule has 1 heterocycles. The van der Waals surface area contributed by atoms with Crippen LogP contribution in [0.3, 0.4) is 0 Å². The summed E-state index contributed by atoms with van der Waals surface area (Å²) in [5.41, 5.74) is 0.336. The molecule has 24 heavy (non-hydrogen) atoms. The van der Waals surface area contributed by atoms with Crippen molar-refractivity contribution >= 4 is 15.8 Å². The molecule has 0 spiro atoms. The summed E-state index contributed by atoms with van der Waals surface area (Å²) in [5, 5.41) is 0. The Bertz CT molecular complexity index is 908.